The molecule has 2 rings (SSSR count). The van der Waals surface area contributed by atoms with Gasteiger partial charge in [-0.1, -0.05) is 17.7 Å². The van der Waals surface area contributed by atoms with Crippen molar-refractivity contribution >= 4 is 17.1 Å². The van der Waals surface area contributed by atoms with Crippen molar-refractivity contribution in [3.05, 3.63) is 35.1 Å². The zero-order valence-electron chi connectivity index (χ0n) is 6.08. The second-order valence-corrected chi connectivity index (χ2v) is 2.86. The fourth-order valence-corrected chi connectivity index (χ4v) is 1.31. The van der Waals surface area contributed by atoms with Crippen LogP contribution in [0.5, 0.6) is 0 Å². The first-order chi connectivity index (χ1) is 5.27. The van der Waals surface area contributed by atoms with Gasteiger partial charge in [0.1, 0.15) is 0 Å². The fourth-order valence-electron chi connectivity index (χ4n) is 1.12. The molecule has 0 atom stereocenters. The average Bonchev–Trinajstić information content (AvgIpc) is 2.31. The molecule has 0 amide bonds. The molecule has 0 saturated carbocycles. The van der Waals surface area contributed by atoms with Crippen molar-refractivity contribution in [1.82, 2.24) is 9.61 Å². The van der Waals surface area contributed by atoms with E-state index in [0.29, 0.717) is 5.15 Å². The van der Waals surface area contributed by atoms with E-state index in [1.807, 2.05) is 35.7 Å². The van der Waals surface area contributed by atoms with Gasteiger partial charge in [0.15, 0.2) is 5.15 Å². The Hall–Kier alpha value is -1.02. The van der Waals surface area contributed by atoms with E-state index < -0.39 is 0 Å². The first kappa shape index (κ1) is 6.68. The van der Waals surface area contributed by atoms with Crippen LogP contribution in [0.3, 0.4) is 0 Å². The predicted molar refractivity (Wildman–Crippen MR) is 44.9 cm³/mol. The Kier molecular flexibility index (Phi) is 1.36. The van der Waals surface area contributed by atoms with Crippen molar-refractivity contribution in [2.45, 2.75) is 6.92 Å². The molecule has 2 nitrogen and oxygen atoms in total. The molecule has 0 aliphatic carbocycles. The van der Waals surface area contributed by atoms with Crippen molar-refractivity contribution in [2.75, 3.05) is 0 Å². The smallest absolute Gasteiger partial charge is 0.152 e. The minimum atomic E-state index is 0.541. The molecule has 0 spiro atoms. The van der Waals surface area contributed by atoms with E-state index >= 15 is 0 Å². The summed E-state index contributed by atoms with van der Waals surface area (Å²) in [6.07, 6.45) is 0. The van der Waals surface area contributed by atoms with Gasteiger partial charge in [-0.15, -0.1) is 0 Å². The molecule has 2 aromatic rings. The number of pyridine rings is 1. The van der Waals surface area contributed by atoms with Crippen LogP contribution in [-0.4, -0.2) is 9.61 Å². The molecule has 11 heavy (non-hydrogen) atoms. The maximum atomic E-state index is 5.72. The number of aryl methyl sites for hydroxylation is 1. The van der Waals surface area contributed by atoms with Gasteiger partial charge in [-0.25, -0.2) is 4.52 Å². The Morgan fingerprint density at radius 2 is 2.27 bits per heavy atom. The summed E-state index contributed by atoms with van der Waals surface area (Å²) in [6, 6.07) is 7.80. The van der Waals surface area contributed by atoms with Gasteiger partial charge in [0.25, 0.3) is 0 Å². The number of hydrogen-bond acceptors (Lipinski definition) is 1. The normalized spacial score (nSPS) is 10.7. The highest BCUT2D eigenvalue weighted by atomic mass is 35.5. The lowest BCUT2D eigenvalue weighted by Gasteiger charge is -1.95. The topological polar surface area (TPSA) is 17.3 Å². The molecule has 0 unspecified atom stereocenters. The van der Waals surface area contributed by atoms with Gasteiger partial charge >= 0.3 is 0 Å². The number of halogens is 1. The van der Waals surface area contributed by atoms with Crippen LogP contribution in [0, 0.1) is 6.92 Å². The van der Waals surface area contributed by atoms with Gasteiger partial charge in [-0.3, -0.25) is 0 Å². The molecule has 3 heteroatoms. The maximum absolute atomic E-state index is 5.72. The summed E-state index contributed by atoms with van der Waals surface area (Å²) in [6.45, 7) is 2.00. The minimum absolute atomic E-state index is 0.541. The maximum Gasteiger partial charge on any atom is 0.152 e. The van der Waals surface area contributed by atoms with Gasteiger partial charge in [-0.05, 0) is 19.1 Å². The minimum Gasteiger partial charge on any atom is -0.237 e. The van der Waals surface area contributed by atoms with E-state index in [0.717, 1.165) is 11.2 Å². The van der Waals surface area contributed by atoms with Crippen LogP contribution in [0.25, 0.3) is 5.52 Å². The molecule has 0 saturated heterocycles. The zero-order valence-corrected chi connectivity index (χ0v) is 6.84. The summed E-state index contributed by atoms with van der Waals surface area (Å²) >= 11 is 5.72. The first-order valence-electron chi connectivity index (χ1n) is 3.38. The van der Waals surface area contributed by atoms with Crippen LogP contribution in [0.15, 0.2) is 24.3 Å². The molecule has 0 radical (unpaired) electrons. The van der Waals surface area contributed by atoms with E-state index in [9.17, 15) is 0 Å². The second-order valence-electron chi connectivity index (χ2n) is 2.47. The molecule has 0 aliphatic heterocycles. The molecule has 0 aromatic carbocycles. The Labute approximate surface area is 69.4 Å². The van der Waals surface area contributed by atoms with E-state index in [1.165, 1.54) is 0 Å². The van der Waals surface area contributed by atoms with Crippen molar-refractivity contribution in [3.8, 4) is 0 Å². The highest BCUT2D eigenvalue weighted by Gasteiger charge is 1.98. The van der Waals surface area contributed by atoms with Crippen molar-refractivity contribution in [1.29, 1.82) is 0 Å². The molecule has 2 aromatic heterocycles. The summed E-state index contributed by atoms with van der Waals surface area (Å²) in [5, 5.41) is 4.64. The van der Waals surface area contributed by atoms with Gasteiger partial charge in [0.2, 0.25) is 0 Å². The summed E-state index contributed by atoms with van der Waals surface area (Å²) in [4.78, 5) is 0. The molecule has 0 fully saturated rings. The molecular weight excluding hydrogens is 160 g/mol. The van der Waals surface area contributed by atoms with Crippen LogP contribution in [0.4, 0.5) is 0 Å². The Morgan fingerprint density at radius 1 is 1.45 bits per heavy atom. The van der Waals surface area contributed by atoms with Crippen LogP contribution < -0.4 is 0 Å². The van der Waals surface area contributed by atoms with E-state index in [4.69, 9.17) is 11.6 Å². The molecule has 0 bridgehead atoms. The number of aromatic nitrogens is 2. The van der Waals surface area contributed by atoms with E-state index in [2.05, 4.69) is 5.10 Å². The van der Waals surface area contributed by atoms with Gasteiger partial charge in [0.05, 0.1) is 5.52 Å². The highest BCUT2D eigenvalue weighted by molar-refractivity contribution is 6.29. The van der Waals surface area contributed by atoms with Crippen LogP contribution in [-0.2, 0) is 0 Å². The number of fused-ring (bicyclic) bond motifs is 1. The van der Waals surface area contributed by atoms with Gasteiger partial charge in [-0.2, -0.15) is 5.10 Å². The lowest BCUT2D eigenvalue weighted by Crippen LogP contribution is -1.90. The van der Waals surface area contributed by atoms with Crippen molar-refractivity contribution in [2.24, 2.45) is 0 Å². The van der Waals surface area contributed by atoms with Crippen molar-refractivity contribution in [3.63, 3.8) is 0 Å². The average molecular weight is 167 g/mol. The Balaban J connectivity index is 2.90. The fraction of sp³-hybridized carbons (Fsp3) is 0.125. The zero-order chi connectivity index (χ0) is 7.84. The lowest BCUT2D eigenvalue weighted by atomic mass is 10.3. The quantitative estimate of drug-likeness (QED) is 0.587. The Morgan fingerprint density at radius 3 is 3.00 bits per heavy atom. The van der Waals surface area contributed by atoms with E-state index in [1.54, 1.807) is 0 Å². The molecular formula is C8H7ClN2. The lowest BCUT2D eigenvalue weighted by molar-refractivity contribution is 0.915. The summed E-state index contributed by atoms with van der Waals surface area (Å²) in [7, 11) is 0. The SMILES string of the molecule is Cc1cccc2cc(Cl)nn12. The molecule has 2 heterocycles. The standard InChI is InChI=1S/C8H7ClN2/c1-6-3-2-4-7-5-8(9)10-11(6)7/h2-5H,1H3. The van der Waals surface area contributed by atoms with Crippen LogP contribution >= 0.6 is 11.6 Å². The third-order valence-electron chi connectivity index (χ3n) is 1.65. The summed E-state index contributed by atoms with van der Waals surface area (Å²) in [5.74, 6) is 0. The van der Waals surface area contributed by atoms with Gasteiger partial charge < -0.3 is 0 Å². The monoisotopic (exact) mass is 166 g/mol. The highest BCUT2D eigenvalue weighted by Crippen LogP contribution is 2.12. The third-order valence-corrected chi connectivity index (χ3v) is 1.83. The number of hydrogen-bond donors (Lipinski definition) is 0. The summed E-state index contributed by atoms with van der Waals surface area (Å²) < 4.78 is 1.82. The first-order valence-corrected chi connectivity index (χ1v) is 3.76. The molecule has 0 N–H and O–H groups in total. The number of nitrogens with zero attached hydrogens (tertiary/aromatic N) is 2. The number of rotatable bonds is 0. The third kappa shape index (κ3) is 0.994. The molecule has 0 aliphatic rings. The molecule has 56 valence electrons. The largest absolute Gasteiger partial charge is 0.237 e. The van der Waals surface area contributed by atoms with Gasteiger partial charge in [0, 0.05) is 11.8 Å². The Bertz CT molecular complexity index is 392. The van der Waals surface area contributed by atoms with E-state index in [-0.39, 0.29) is 0 Å². The second kappa shape index (κ2) is 2.24. The van der Waals surface area contributed by atoms with Crippen LogP contribution in [0.1, 0.15) is 5.69 Å². The summed E-state index contributed by atoms with van der Waals surface area (Å²) in [5.41, 5.74) is 2.13. The predicted octanol–water partition coefficient (Wildman–Crippen LogP) is 2.30. The van der Waals surface area contributed by atoms with Crippen LogP contribution in [0.2, 0.25) is 5.15 Å². The van der Waals surface area contributed by atoms with Crippen molar-refractivity contribution < 1.29 is 0 Å².